The van der Waals surface area contributed by atoms with Gasteiger partial charge in [-0.1, -0.05) is 54.6 Å². The highest BCUT2D eigenvalue weighted by atomic mass is 15.2. The maximum Gasteiger partial charge on any atom is 0.0323 e. The van der Waals surface area contributed by atoms with E-state index in [1.54, 1.807) is 5.56 Å². The first kappa shape index (κ1) is 19.6. The van der Waals surface area contributed by atoms with Crippen molar-refractivity contribution in [3.05, 3.63) is 71.3 Å². The molecule has 28 heavy (non-hydrogen) atoms. The number of benzene rings is 2. The lowest BCUT2D eigenvalue weighted by molar-refractivity contribution is 0.162. The first-order chi connectivity index (χ1) is 13.9. The van der Waals surface area contributed by atoms with Crippen LogP contribution in [0.1, 0.15) is 48.4 Å². The van der Waals surface area contributed by atoms with Crippen LogP contribution in [0.4, 0.5) is 0 Å². The third kappa shape index (κ3) is 5.22. The van der Waals surface area contributed by atoms with Gasteiger partial charge in [-0.25, -0.2) is 0 Å². The van der Waals surface area contributed by atoms with Gasteiger partial charge in [-0.15, -0.1) is 0 Å². The second kappa shape index (κ2) is 10.2. The molecule has 2 aromatic rings. The van der Waals surface area contributed by atoms with Crippen molar-refractivity contribution in [3.63, 3.8) is 0 Å². The molecule has 2 N–H and O–H groups in total. The van der Waals surface area contributed by atoms with E-state index in [-0.39, 0.29) is 0 Å². The minimum absolute atomic E-state index is 0.536. The number of piperidine rings is 1. The Hall–Kier alpha value is -1.68. The fourth-order valence-electron chi connectivity index (χ4n) is 4.91. The zero-order valence-electron chi connectivity index (χ0n) is 17.1. The van der Waals surface area contributed by atoms with Crippen LogP contribution in [0.2, 0.25) is 0 Å². The van der Waals surface area contributed by atoms with Gasteiger partial charge >= 0.3 is 0 Å². The molecule has 0 aromatic heterocycles. The first-order valence-electron chi connectivity index (χ1n) is 11.2. The third-order valence-electron chi connectivity index (χ3n) is 6.51. The minimum Gasteiger partial charge on any atom is -0.317 e. The monoisotopic (exact) mass is 377 g/mol. The summed E-state index contributed by atoms with van der Waals surface area (Å²) in [6.07, 6.45) is 7.53. The Kier molecular flexibility index (Phi) is 7.15. The van der Waals surface area contributed by atoms with Crippen molar-refractivity contribution in [3.8, 4) is 0 Å². The SMILES string of the molecule is c1ccc(CCN(CCNC2CCCc3ccccc32)C2CCNCC2)cc1. The lowest BCUT2D eigenvalue weighted by atomic mass is 9.88. The molecule has 0 spiro atoms. The average molecular weight is 378 g/mol. The van der Waals surface area contributed by atoms with E-state index in [0.717, 1.165) is 45.2 Å². The van der Waals surface area contributed by atoms with Crippen molar-refractivity contribution in [1.29, 1.82) is 0 Å². The van der Waals surface area contributed by atoms with E-state index < -0.39 is 0 Å². The number of nitrogens with one attached hydrogen (secondary N) is 2. The zero-order valence-corrected chi connectivity index (χ0v) is 17.1. The van der Waals surface area contributed by atoms with E-state index in [1.807, 2.05) is 0 Å². The van der Waals surface area contributed by atoms with Crippen molar-refractivity contribution in [1.82, 2.24) is 15.5 Å². The molecule has 0 saturated carbocycles. The minimum atomic E-state index is 0.536. The summed E-state index contributed by atoms with van der Waals surface area (Å²) < 4.78 is 0. The molecule has 1 unspecified atom stereocenters. The van der Waals surface area contributed by atoms with Gasteiger partial charge in [0.05, 0.1) is 0 Å². The van der Waals surface area contributed by atoms with Crippen LogP contribution in [0.5, 0.6) is 0 Å². The summed E-state index contributed by atoms with van der Waals surface area (Å²) in [5, 5.41) is 7.41. The quantitative estimate of drug-likeness (QED) is 0.729. The molecule has 1 atom stereocenters. The van der Waals surface area contributed by atoms with Gasteiger partial charge in [-0.3, -0.25) is 4.90 Å². The maximum absolute atomic E-state index is 3.89. The van der Waals surface area contributed by atoms with E-state index in [1.165, 1.54) is 43.2 Å². The molecule has 1 aliphatic heterocycles. The number of fused-ring (bicyclic) bond motifs is 1. The lowest BCUT2D eigenvalue weighted by Gasteiger charge is -2.35. The predicted octanol–water partition coefficient (Wildman–Crippen LogP) is 3.95. The summed E-state index contributed by atoms with van der Waals surface area (Å²) in [5.41, 5.74) is 4.53. The molecule has 1 fully saturated rings. The second-order valence-corrected chi connectivity index (χ2v) is 8.35. The molecule has 1 heterocycles. The van der Waals surface area contributed by atoms with E-state index in [2.05, 4.69) is 70.1 Å². The molecule has 1 aliphatic carbocycles. The Morgan fingerprint density at radius 1 is 0.893 bits per heavy atom. The molecule has 2 aromatic carbocycles. The average Bonchev–Trinajstić information content (AvgIpc) is 2.77. The Balaban J connectivity index is 1.33. The van der Waals surface area contributed by atoms with E-state index in [0.29, 0.717) is 6.04 Å². The topological polar surface area (TPSA) is 27.3 Å². The van der Waals surface area contributed by atoms with Gasteiger partial charge in [0.15, 0.2) is 0 Å². The molecule has 0 radical (unpaired) electrons. The summed E-state index contributed by atoms with van der Waals surface area (Å²) in [6, 6.07) is 21.2. The fraction of sp³-hybridized carbons (Fsp3) is 0.520. The van der Waals surface area contributed by atoms with Gasteiger partial charge in [-0.05, 0) is 68.3 Å². The molecule has 3 heteroatoms. The summed E-state index contributed by atoms with van der Waals surface area (Å²) in [6.45, 7) is 5.72. The summed E-state index contributed by atoms with van der Waals surface area (Å²) in [7, 11) is 0. The second-order valence-electron chi connectivity index (χ2n) is 8.35. The van der Waals surface area contributed by atoms with Crippen LogP contribution in [0.15, 0.2) is 54.6 Å². The molecule has 4 rings (SSSR count). The predicted molar refractivity (Wildman–Crippen MR) is 118 cm³/mol. The molecule has 0 bridgehead atoms. The maximum atomic E-state index is 3.89. The molecule has 0 amide bonds. The van der Waals surface area contributed by atoms with Gasteiger partial charge in [0, 0.05) is 31.7 Å². The first-order valence-corrected chi connectivity index (χ1v) is 11.2. The van der Waals surface area contributed by atoms with Gasteiger partial charge in [0.1, 0.15) is 0 Å². The standard InChI is InChI=1S/C25H35N3/c1-2-7-21(8-3-1)15-19-28(23-13-16-26-17-14-23)20-18-27-25-12-6-10-22-9-4-5-11-24(22)25/h1-5,7-9,11,23,25-27H,6,10,12-20H2. The summed E-state index contributed by atoms with van der Waals surface area (Å²) in [4.78, 5) is 2.75. The van der Waals surface area contributed by atoms with Gasteiger partial charge in [0.2, 0.25) is 0 Å². The Labute approximate surface area is 170 Å². The van der Waals surface area contributed by atoms with Gasteiger partial charge in [-0.2, -0.15) is 0 Å². The molecule has 150 valence electrons. The van der Waals surface area contributed by atoms with Crippen molar-refractivity contribution in [2.45, 2.75) is 50.6 Å². The van der Waals surface area contributed by atoms with Crippen LogP contribution < -0.4 is 10.6 Å². The molecule has 2 aliphatic rings. The van der Waals surface area contributed by atoms with Crippen LogP contribution in [-0.4, -0.2) is 43.7 Å². The van der Waals surface area contributed by atoms with Crippen LogP contribution in [-0.2, 0) is 12.8 Å². The highest BCUT2D eigenvalue weighted by Gasteiger charge is 2.22. The largest absolute Gasteiger partial charge is 0.317 e. The third-order valence-corrected chi connectivity index (χ3v) is 6.51. The number of rotatable bonds is 8. The van der Waals surface area contributed by atoms with E-state index >= 15 is 0 Å². The smallest absolute Gasteiger partial charge is 0.0323 e. The highest BCUT2D eigenvalue weighted by Crippen LogP contribution is 2.29. The van der Waals surface area contributed by atoms with Crippen molar-refractivity contribution < 1.29 is 0 Å². The Bertz CT molecular complexity index is 709. The van der Waals surface area contributed by atoms with Crippen molar-refractivity contribution >= 4 is 0 Å². The van der Waals surface area contributed by atoms with E-state index in [4.69, 9.17) is 0 Å². The molecule has 3 nitrogen and oxygen atoms in total. The highest BCUT2D eigenvalue weighted by molar-refractivity contribution is 5.32. The van der Waals surface area contributed by atoms with Crippen LogP contribution in [0.3, 0.4) is 0 Å². The molecular formula is C25H35N3. The Morgan fingerprint density at radius 3 is 2.54 bits per heavy atom. The number of aryl methyl sites for hydroxylation is 1. The number of hydrogen-bond donors (Lipinski definition) is 2. The normalized spacial score (nSPS) is 20.2. The van der Waals surface area contributed by atoms with Crippen molar-refractivity contribution in [2.24, 2.45) is 0 Å². The lowest BCUT2D eigenvalue weighted by Crippen LogP contribution is -2.46. The number of nitrogens with zero attached hydrogens (tertiary/aromatic N) is 1. The summed E-state index contributed by atoms with van der Waals surface area (Å²) >= 11 is 0. The number of hydrogen-bond acceptors (Lipinski definition) is 3. The molecule has 1 saturated heterocycles. The van der Waals surface area contributed by atoms with Gasteiger partial charge < -0.3 is 10.6 Å². The fourth-order valence-corrected chi connectivity index (χ4v) is 4.91. The zero-order chi connectivity index (χ0) is 19.0. The Morgan fingerprint density at radius 2 is 1.68 bits per heavy atom. The van der Waals surface area contributed by atoms with Crippen LogP contribution in [0.25, 0.3) is 0 Å². The molecular weight excluding hydrogens is 342 g/mol. The van der Waals surface area contributed by atoms with Crippen LogP contribution >= 0.6 is 0 Å². The van der Waals surface area contributed by atoms with Gasteiger partial charge in [0.25, 0.3) is 0 Å². The van der Waals surface area contributed by atoms with Crippen LogP contribution in [0, 0.1) is 0 Å². The van der Waals surface area contributed by atoms with Crippen molar-refractivity contribution in [2.75, 3.05) is 32.7 Å². The summed E-state index contributed by atoms with van der Waals surface area (Å²) in [5.74, 6) is 0. The van der Waals surface area contributed by atoms with E-state index in [9.17, 15) is 0 Å².